The molecule has 0 aliphatic carbocycles. The second-order valence-electron chi connectivity index (χ2n) is 5.67. The van der Waals surface area contributed by atoms with E-state index in [-0.39, 0.29) is 11.6 Å². The lowest BCUT2D eigenvalue weighted by Crippen LogP contribution is -2.37. The van der Waals surface area contributed by atoms with Crippen LogP contribution in [0, 0.1) is 13.8 Å². The molecule has 0 bridgehead atoms. The monoisotopic (exact) mass is 322 g/mol. The molecule has 3 rings (SSSR count). The van der Waals surface area contributed by atoms with E-state index in [0.717, 1.165) is 10.7 Å². The van der Waals surface area contributed by atoms with E-state index in [2.05, 4.69) is 14.9 Å². The topological polar surface area (TPSA) is 91.2 Å². The van der Waals surface area contributed by atoms with Crippen LogP contribution in [0.5, 0.6) is 0 Å². The number of aromatic nitrogens is 3. The zero-order chi connectivity index (χ0) is 15.9. The highest BCUT2D eigenvalue weighted by Gasteiger charge is 2.33. The number of rotatable bonds is 3. The third-order valence-electron chi connectivity index (χ3n) is 3.89. The van der Waals surface area contributed by atoms with E-state index in [1.54, 1.807) is 18.3 Å². The summed E-state index contributed by atoms with van der Waals surface area (Å²) in [6, 6.07) is -0.359. The summed E-state index contributed by atoms with van der Waals surface area (Å²) in [5.74, 6) is 0. The van der Waals surface area contributed by atoms with Gasteiger partial charge in [-0.3, -0.25) is 19.2 Å². The maximum atomic E-state index is 12.0. The maximum Gasteiger partial charge on any atom is 0.328 e. The fourth-order valence-electron chi connectivity index (χ4n) is 2.79. The number of thiazole rings is 1. The Morgan fingerprint density at radius 3 is 2.86 bits per heavy atom. The molecule has 2 aromatic heterocycles. The number of aliphatic hydroxyl groups is 1. The molecule has 118 valence electrons. The minimum Gasteiger partial charge on any atom is -0.390 e. The number of aromatic amines is 1. The molecule has 2 aromatic rings. The van der Waals surface area contributed by atoms with Gasteiger partial charge in [0.25, 0.3) is 5.56 Å². The third-order valence-corrected chi connectivity index (χ3v) is 4.71. The van der Waals surface area contributed by atoms with Gasteiger partial charge in [-0.2, -0.15) is 0 Å². The summed E-state index contributed by atoms with van der Waals surface area (Å²) in [4.78, 5) is 32.2. The van der Waals surface area contributed by atoms with Gasteiger partial charge >= 0.3 is 5.69 Å². The molecule has 2 N–H and O–H groups in total. The Morgan fingerprint density at radius 1 is 1.41 bits per heavy atom. The minimum atomic E-state index is -0.650. The predicted octanol–water partition coefficient (Wildman–Crippen LogP) is 0.0277. The summed E-state index contributed by atoms with van der Waals surface area (Å²) in [6.45, 7) is 5.27. The van der Waals surface area contributed by atoms with Crippen LogP contribution in [0.4, 0.5) is 0 Å². The fourth-order valence-corrected chi connectivity index (χ4v) is 3.40. The Hall–Kier alpha value is -1.77. The quantitative estimate of drug-likeness (QED) is 0.832. The van der Waals surface area contributed by atoms with Crippen molar-refractivity contribution in [3.63, 3.8) is 0 Å². The van der Waals surface area contributed by atoms with E-state index in [0.29, 0.717) is 25.2 Å². The average Bonchev–Trinajstić information content (AvgIpc) is 3.01. The van der Waals surface area contributed by atoms with E-state index in [1.807, 2.05) is 12.3 Å². The molecule has 0 saturated carbocycles. The van der Waals surface area contributed by atoms with Crippen molar-refractivity contribution in [2.24, 2.45) is 0 Å². The van der Waals surface area contributed by atoms with Crippen LogP contribution in [-0.4, -0.2) is 43.7 Å². The van der Waals surface area contributed by atoms with Crippen molar-refractivity contribution in [2.75, 3.05) is 13.1 Å². The molecule has 0 spiro atoms. The molecule has 0 aromatic carbocycles. The molecule has 1 fully saturated rings. The molecule has 1 aliphatic rings. The number of aryl methyl sites for hydroxylation is 2. The van der Waals surface area contributed by atoms with Crippen LogP contribution in [0.25, 0.3) is 0 Å². The first-order chi connectivity index (χ1) is 10.4. The van der Waals surface area contributed by atoms with Gasteiger partial charge in [0.1, 0.15) is 0 Å². The molecule has 0 radical (unpaired) electrons. The molecular weight excluding hydrogens is 304 g/mol. The lowest BCUT2D eigenvalue weighted by atomic mass is 10.2. The summed E-state index contributed by atoms with van der Waals surface area (Å²) < 4.78 is 1.42. The number of hydrogen-bond acceptors (Lipinski definition) is 6. The number of hydrogen-bond donors (Lipinski definition) is 2. The molecule has 0 unspecified atom stereocenters. The van der Waals surface area contributed by atoms with E-state index >= 15 is 0 Å². The second kappa shape index (κ2) is 5.79. The van der Waals surface area contributed by atoms with E-state index < -0.39 is 11.8 Å². The molecular formula is C14H18N4O3S. The van der Waals surface area contributed by atoms with Crippen LogP contribution in [0.15, 0.2) is 21.2 Å². The van der Waals surface area contributed by atoms with Crippen LogP contribution in [0.2, 0.25) is 0 Å². The largest absolute Gasteiger partial charge is 0.390 e. The normalized spacial score (nSPS) is 22.3. The van der Waals surface area contributed by atoms with Gasteiger partial charge in [0.05, 0.1) is 22.8 Å². The number of β-amino-alcohol motifs (C(OH)–C–C–N with tert-alkyl or cyclic N) is 1. The molecule has 22 heavy (non-hydrogen) atoms. The van der Waals surface area contributed by atoms with Crippen molar-refractivity contribution in [1.29, 1.82) is 0 Å². The van der Waals surface area contributed by atoms with Gasteiger partial charge in [0, 0.05) is 36.8 Å². The van der Waals surface area contributed by atoms with Gasteiger partial charge < -0.3 is 5.11 Å². The Morgan fingerprint density at radius 2 is 2.18 bits per heavy atom. The molecule has 8 heteroatoms. The standard InChI is InChI=1S/C14H18N4O3S/c1-8-3-18(14(21)16-13(8)20)11-5-17(6-12(11)19)4-10-7-22-9(2)15-10/h3,7,11-12,19H,4-6H2,1-2H3,(H,16,20,21)/t11-,12-/m0/s1. The molecule has 1 aliphatic heterocycles. The van der Waals surface area contributed by atoms with Crippen LogP contribution in [-0.2, 0) is 6.54 Å². The minimum absolute atomic E-state index is 0.359. The van der Waals surface area contributed by atoms with Gasteiger partial charge in [-0.25, -0.2) is 9.78 Å². The van der Waals surface area contributed by atoms with Crippen LogP contribution < -0.4 is 11.2 Å². The van der Waals surface area contributed by atoms with Gasteiger partial charge in [0.2, 0.25) is 0 Å². The summed E-state index contributed by atoms with van der Waals surface area (Å²) in [6.07, 6.45) is 0.869. The number of aliphatic hydroxyl groups excluding tert-OH is 1. The van der Waals surface area contributed by atoms with E-state index in [9.17, 15) is 14.7 Å². The number of likely N-dealkylation sites (tertiary alicyclic amines) is 1. The lowest BCUT2D eigenvalue weighted by molar-refractivity contribution is 0.141. The Kier molecular flexibility index (Phi) is 3.98. The summed E-state index contributed by atoms with van der Waals surface area (Å²) >= 11 is 1.60. The molecule has 1 saturated heterocycles. The van der Waals surface area contributed by atoms with Gasteiger partial charge in [-0.15, -0.1) is 11.3 Å². The lowest BCUT2D eigenvalue weighted by Gasteiger charge is -2.17. The van der Waals surface area contributed by atoms with Crippen molar-refractivity contribution in [2.45, 2.75) is 32.5 Å². The zero-order valence-electron chi connectivity index (χ0n) is 12.4. The van der Waals surface area contributed by atoms with Crippen molar-refractivity contribution >= 4 is 11.3 Å². The van der Waals surface area contributed by atoms with E-state index in [1.165, 1.54) is 10.8 Å². The van der Waals surface area contributed by atoms with Gasteiger partial charge in [-0.1, -0.05) is 0 Å². The number of H-pyrrole nitrogens is 1. The van der Waals surface area contributed by atoms with Crippen LogP contribution in [0.3, 0.4) is 0 Å². The van der Waals surface area contributed by atoms with Crippen molar-refractivity contribution < 1.29 is 5.11 Å². The van der Waals surface area contributed by atoms with Crippen LogP contribution >= 0.6 is 11.3 Å². The Labute approximate surface area is 130 Å². The van der Waals surface area contributed by atoms with Crippen molar-refractivity contribution in [3.05, 3.63) is 48.7 Å². The van der Waals surface area contributed by atoms with Gasteiger partial charge in [-0.05, 0) is 13.8 Å². The smallest absolute Gasteiger partial charge is 0.328 e. The molecule has 0 amide bonds. The van der Waals surface area contributed by atoms with E-state index in [4.69, 9.17) is 0 Å². The number of nitrogens with zero attached hydrogens (tertiary/aromatic N) is 3. The average molecular weight is 322 g/mol. The Bertz CT molecular complexity index is 794. The van der Waals surface area contributed by atoms with Gasteiger partial charge in [0.15, 0.2) is 0 Å². The van der Waals surface area contributed by atoms with Crippen molar-refractivity contribution in [3.8, 4) is 0 Å². The highest BCUT2D eigenvalue weighted by molar-refractivity contribution is 7.09. The maximum absolute atomic E-state index is 12.0. The summed E-state index contributed by atoms with van der Waals surface area (Å²) in [5, 5.41) is 13.3. The Balaban J connectivity index is 1.80. The highest BCUT2D eigenvalue weighted by atomic mass is 32.1. The highest BCUT2D eigenvalue weighted by Crippen LogP contribution is 2.23. The summed E-state index contributed by atoms with van der Waals surface area (Å²) in [7, 11) is 0. The SMILES string of the molecule is Cc1nc(CN2C[C@H](O)[C@@H](n3cc(C)c(=O)[nH]c3=O)C2)cs1. The number of nitrogens with one attached hydrogen (secondary N) is 1. The first-order valence-corrected chi connectivity index (χ1v) is 7.95. The zero-order valence-corrected chi connectivity index (χ0v) is 13.3. The predicted molar refractivity (Wildman–Crippen MR) is 83.2 cm³/mol. The molecule has 3 heterocycles. The summed E-state index contributed by atoms with van der Waals surface area (Å²) in [5.41, 5.74) is 0.565. The first kappa shape index (κ1) is 15.1. The third kappa shape index (κ3) is 2.90. The van der Waals surface area contributed by atoms with Crippen molar-refractivity contribution in [1.82, 2.24) is 19.4 Å². The first-order valence-electron chi connectivity index (χ1n) is 7.07. The van der Waals surface area contributed by atoms with Crippen LogP contribution in [0.1, 0.15) is 22.3 Å². The second-order valence-corrected chi connectivity index (χ2v) is 6.73. The molecule has 2 atom stereocenters. The molecule has 7 nitrogen and oxygen atoms in total. The fraction of sp³-hybridized carbons (Fsp3) is 0.500.